The predicted molar refractivity (Wildman–Crippen MR) is 75.5 cm³/mol. The van der Waals surface area contributed by atoms with E-state index in [1.807, 2.05) is 19.1 Å². The van der Waals surface area contributed by atoms with E-state index >= 15 is 0 Å². The van der Waals surface area contributed by atoms with Crippen LogP contribution in [0.1, 0.15) is 20.3 Å². The zero-order chi connectivity index (χ0) is 14.3. The quantitative estimate of drug-likeness (QED) is 0.739. The Bertz CT molecular complexity index is 407. The van der Waals surface area contributed by atoms with Crippen molar-refractivity contribution in [2.45, 2.75) is 26.4 Å². The molecule has 19 heavy (non-hydrogen) atoms. The molecule has 1 aromatic carbocycles. The molecule has 1 aromatic rings. The first kappa shape index (κ1) is 15.3. The summed E-state index contributed by atoms with van der Waals surface area (Å²) in [6.45, 7) is 4.24. The number of nitrogens with one attached hydrogen (secondary N) is 2. The van der Waals surface area contributed by atoms with Gasteiger partial charge in [-0.2, -0.15) is 0 Å². The number of hydrogen-bond donors (Lipinski definition) is 3. The number of carbonyl (C=O) groups excluding carboxylic acids is 1. The molecule has 0 spiro atoms. The van der Waals surface area contributed by atoms with Crippen molar-refractivity contribution in [1.29, 1.82) is 0 Å². The smallest absolute Gasteiger partial charge is 0.319 e. The number of aliphatic hydroxyl groups is 1. The molecule has 0 aliphatic rings. The van der Waals surface area contributed by atoms with Crippen LogP contribution in [0.4, 0.5) is 10.5 Å². The Morgan fingerprint density at radius 3 is 2.68 bits per heavy atom. The zero-order valence-corrected chi connectivity index (χ0v) is 11.6. The van der Waals surface area contributed by atoms with E-state index in [2.05, 4.69) is 10.6 Å². The number of aliphatic hydroxyl groups excluding tert-OH is 1. The number of ether oxygens (including phenoxy) is 1. The SMILES string of the molecule is COc1ccccc1NC(=O)NC[C@H](C)C[C@@H](C)O. The van der Waals surface area contributed by atoms with Crippen molar-refractivity contribution < 1.29 is 14.6 Å². The van der Waals surface area contributed by atoms with E-state index in [-0.39, 0.29) is 18.1 Å². The van der Waals surface area contributed by atoms with Gasteiger partial charge < -0.3 is 20.5 Å². The van der Waals surface area contributed by atoms with E-state index in [9.17, 15) is 9.90 Å². The van der Waals surface area contributed by atoms with Crippen LogP contribution >= 0.6 is 0 Å². The summed E-state index contributed by atoms with van der Waals surface area (Å²) in [5.74, 6) is 0.845. The Morgan fingerprint density at radius 1 is 1.37 bits per heavy atom. The molecule has 5 heteroatoms. The third-order valence-corrected chi connectivity index (χ3v) is 2.71. The van der Waals surface area contributed by atoms with E-state index in [1.54, 1.807) is 26.2 Å². The Balaban J connectivity index is 2.43. The highest BCUT2D eigenvalue weighted by atomic mass is 16.5. The number of benzene rings is 1. The third kappa shape index (κ3) is 5.61. The second-order valence-electron chi connectivity index (χ2n) is 4.73. The molecular weight excluding hydrogens is 244 g/mol. The molecule has 2 atom stereocenters. The molecule has 106 valence electrons. The Kier molecular flexibility index (Phi) is 6.15. The summed E-state index contributed by atoms with van der Waals surface area (Å²) in [4.78, 5) is 11.7. The Hall–Kier alpha value is -1.75. The van der Waals surface area contributed by atoms with Gasteiger partial charge in [0.1, 0.15) is 5.75 Å². The maximum absolute atomic E-state index is 11.7. The standard InChI is InChI=1S/C14H22N2O3/c1-10(8-11(2)17)9-15-14(18)16-12-6-4-5-7-13(12)19-3/h4-7,10-11,17H,8-9H2,1-3H3,(H2,15,16,18)/t10-,11-/m1/s1. The van der Waals surface area contributed by atoms with Crippen LogP contribution in [-0.2, 0) is 0 Å². The monoisotopic (exact) mass is 266 g/mol. The topological polar surface area (TPSA) is 70.6 Å². The number of anilines is 1. The number of urea groups is 1. The first-order chi connectivity index (χ1) is 9.02. The fourth-order valence-corrected chi connectivity index (χ4v) is 1.85. The van der Waals surface area contributed by atoms with Gasteiger partial charge in [0.05, 0.1) is 18.9 Å². The fourth-order valence-electron chi connectivity index (χ4n) is 1.85. The Labute approximate surface area is 114 Å². The molecule has 0 bridgehead atoms. The summed E-state index contributed by atoms with van der Waals surface area (Å²) in [6.07, 6.45) is 0.309. The van der Waals surface area contributed by atoms with Gasteiger partial charge in [0.25, 0.3) is 0 Å². The molecule has 1 rings (SSSR count). The molecule has 3 N–H and O–H groups in total. The van der Waals surface area contributed by atoms with Crippen LogP contribution < -0.4 is 15.4 Å². The maximum Gasteiger partial charge on any atom is 0.319 e. The molecule has 0 radical (unpaired) electrons. The largest absolute Gasteiger partial charge is 0.495 e. The van der Waals surface area contributed by atoms with E-state index in [4.69, 9.17) is 4.74 Å². The lowest BCUT2D eigenvalue weighted by Gasteiger charge is -2.15. The van der Waals surface area contributed by atoms with Crippen LogP contribution in [0, 0.1) is 5.92 Å². The molecule has 0 saturated heterocycles. The van der Waals surface area contributed by atoms with Gasteiger partial charge in [0.15, 0.2) is 0 Å². The number of para-hydroxylation sites is 2. The van der Waals surface area contributed by atoms with Gasteiger partial charge in [-0.15, -0.1) is 0 Å². The lowest BCUT2D eigenvalue weighted by molar-refractivity contribution is 0.163. The van der Waals surface area contributed by atoms with Crippen LogP contribution in [0.25, 0.3) is 0 Å². The van der Waals surface area contributed by atoms with Gasteiger partial charge >= 0.3 is 6.03 Å². The molecule has 0 heterocycles. The third-order valence-electron chi connectivity index (χ3n) is 2.71. The highest BCUT2D eigenvalue weighted by Crippen LogP contribution is 2.22. The second-order valence-corrected chi connectivity index (χ2v) is 4.73. The molecule has 0 aliphatic carbocycles. The minimum atomic E-state index is -0.353. The average molecular weight is 266 g/mol. The number of amides is 2. The molecule has 5 nitrogen and oxygen atoms in total. The summed E-state index contributed by atoms with van der Waals surface area (Å²) in [5, 5.41) is 14.8. The Morgan fingerprint density at radius 2 is 2.05 bits per heavy atom. The van der Waals surface area contributed by atoms with Crippen molar-refractivity contribution in [3.8, 4) is 5.75 Å². The number of carbonyl (C=O) groups is 1. The minimum absolute atomic E-state index is 0.225. The van der Waals surface area contributed by atoms with Gasteiger partial charge in [0, 0.05) is 6.54 Å². The van der Waals surface area contributed by atoms with Gasteiger partial charge in [0.2, 0.25) is 0 Å². The van der Waals surface area contributed by atoms with Gasteiger partial charge in [-0.1, -0.05) is 19.1 Å². The summed E-state index contributed by atoms with van der Waals surface area (Å²) in [5.41, 5.74) is 0.630. The van der Waals surface area contributed by atoms with Crippen molar-refractivity contribution >= 4 is 11.7 Å². The fraction of sp³-hybridized carbons (Fsp3) is 0.500. The van der Waals surface area contributed by atoms with Gasteiger partial charge in [-0.3, -0.25) is 0 Å². The lowest BCUT2D eigenvalue weighted by atomic mass is 10.1. The van der Waals surface area contributed by atoms with E-state index in [0.29, 0.717) is 24.4 Å². The number of methoxy groups -OCH3 is 1. The maximum atomic E-state index is 11.7. The van der Waals surface area contributed by atoms with Gasteiger partial charge in [-0.05, 0) is 31.4 Å². The van der Waals surface area contributed by atoms with E-state index in [0.717, 1.165) is 0 Å². The molecule has 0 fully saturated rings. The van der Waals surface area contributed by atoms with Gasteiger partial charge in [-0.25, -0.2) is 4.79 Å². The molecule has 0 saturated carbocycles. The van der Waals surface area contributed by atoms with Crippen LogP contribution in [-0.4, -0.2) is 30.9 Å². The highest BCUT2D eigenvalue weighted by Gasteiger charge is 2.09. The molecule has 0 aromatic heterocycles. The lowest BCUT2D eigenvalue weighted by Crippen LogP contribution is -2.33. The zero-order valence-electron chi connectivity index (χ0n) is 11.6. The number of hydrogen-bond acceptors (Lipinski definition) is 3. The number of rotatable bonds is 6. The van der Waals surface area contributed by atoms with Crippen molar-refractivity contribution in [3.63, 3.8) is 0 Å². The normalized spacial score (nSPS) is 13.5. The highest BCUT2D eigenvalue weighted by molar-refractivity contribution is 5.90. The van der Waals surface area contributed by atoms with Crippen LogP contribution in [0.15, 0.2) is 24.3 Å². The molecular formula is C14H22N2O3. The van der Waals surface area contributed by atoms with Crippen molar-refractivity contribution in [2.75, 3.05) is 19.0 Å². The summed E-state index contributed by atoms with van der Waals surface area (Å²) in [7, 11) is 1.56. The predicted octanol–water partition coefficient (Wildman–Crippen LogP) is 2.22. The van der Waals surface area contributed by atoms with Crippen molar-refractivity contribution in [2.24, 2.45) is 5.92 Å². The summed E-state index contributed by atoms with van der Waals surface area (Å²) >= 11 is 0. The van der Waals surface area contributed by atoms with Crippen LogP contribution in [0.5, 0.6) is 5.75 Å². The van der Waals surface area contributed by atoms with Crippen molar-refractivity contribution in [3.05, 3.63) is 24.3 Å². The van der Waals surface area contributed by atoms with Crippen LogP contribution in [0.3, 0.4) is 0 Å². The minimum Gasteiger partial charge on any atom is -0.495 e. The van der Waals surface area contributed by atoms with Crippen LogP contribution in [0.2, 0.25) is 0 Å². The average Bonchev–Trinajstić information content (AvgIpc) is 2.36. The molecule has 0 unspecified atom stereocenters. The van der Waals surface area contributed by atoms with E-state index < -0.39 is 0 Å². The first-order valence-corrected chi connectivity index (χ1v) is 6.39. The first-order valence-electron chi connectivity index (χ1n) is 6.39. The molecule has 0 aliphatic heterocycles. The van der Waals surface area contributed by atoms with E-state index in [1.165, 1.54) is 0 Å². The van der Waals surface area contributed by atoms with Crippen molar-refractivity contribution in [1.82, 2.24) is 5.32 Å². The summed E-state index contributed by atoms with van der Waals surface area (Å²) < 4.78 is 5.15. The molecule has 2 amide bonds. The second kappa shape index (κ2) is 7.63. The summed E-state index contributed by atoms with van der Waals surface area (Å²) in [6, 6.07) is 6.95.